The van der Waals surface area contributed by atoms with E-state index < -0.39 is 0 Å². The van der Waals surface area contributed by atoms with Gasteiger partial charge in [-0.05, 0) is 18.1 Å². The van der Waals surface area contributed by atoms with Gasteiger partial charge in [-0.1, -0.05) is 18.2 Å². The summed E-state index contributed by atoms with van der Waals surface area (Å²) < 4.78 is 5.17. The zero-order valence-corrected chi connectivity index (χ0v) is 12.8. The molecule has 0 fully saturated rings. The highest BCUT2D eigenvalue weighted by molar-refractivity contribution is 8.00. The third kappa shape index (κ3) is 4.51. The Balaban J connectivity index is 1.86. The number of benzene rings is 1. The topological polar surface area (TPSA) is 62.3 Å². The monoisotopic (exact) mass is 293 g/mol. The highest BCUT2D eigenvalue weighted by Crippen LogP contribution is 2.36. The van der Waals surface area contributed by atoms with E-state index in [0.29, 0.717) is 11.7 Å². The maximum absolute atomic E-state index is 7.37. The predicted molar refractivity (Wildman–Crippen MR) is 84.6 cm³/mol. The van der Waals surface area contributed by atoms with E-state index in [1.165, 1.54) is 10.5 Å². The molecule has 3 N–H and O–H groups in total. The van der Waals surface area contributed by atoms with E-state index in [4.69, 9.17) is 15.9 Å². The quantitative estimate of drug-likeness (QED) is 0.568. The second-order valence-electron chi connectivity index (χ2n) is 5.12. The number of hydrogen-bond acceptors (Lipinski definition) is 4. The lowest BCUT2D eigenvalue weighted by Crippen LogP contribution is -2.36. The molecule has 0 bridgehead atoms. The molecule has 1 aromatic rings. The fraction of sp³-hybridized carbons (Fsp3) is 0.533. The molecule has 1 unspecified atom stereocenters. The summed E-state index contributed by atoms with van der Waals surface area (Å²) >= 11 is 1.96. The number of amidine groups is 1. The number of hydrogen-bond donors (Lipinski definition) is 2. The molecule has 1 heterocycles. The van der Waals surface area contributed by atoms with Crippen LogP contribution < -0.4 is 5.73 Å². The normalized spacial score (nSPS) is 17.4. The molecule has 1 aliphatic rings. The van der Waals surface area contributed by atoms with Crippen molar-refractivity contribution in [2.75, 3.05) is 33.4 Å². The van der Waals surface area contributed by atoms with E-state index in [0.717, 1.165) is 32.7 Å². The van der Waals surface area contributed by atoms with Gasteiger partial charge in [0, 0.05) is 43.3 Å². The fourth-order valence-electron chi connectivity index (χ4n) is 2.44. The van der Waals surface area contributed by atoms with Gasteiger partial charge < -0.3 is 10.5 Å². The number of ether oxygens (including phenoxy) is 1. The number of fused-ring (bicyclic) bond motifs is 1. The van der Waals surface area contributed by atoms with Crippen LogP contribution in [0.3, 0.4) is 0 Å². The minimum absolute atomic E-state index is 0.259. The lowest BCUT2D eigenvalue weighted by atomic mass is 10.1. The number of rotatable bonds is 8. The molecule has 20 heavy (non-hydrogen) atoms. The van der Waals surface area contributed by atoms with Crippen molar-refractivity contribution in [3.63, 3.8) is 0 Å². The SMILES string of the molecule is COCCN(CCC(=N)N)CC1Cc2ccccc2S1. The number of methoxy groups -OCH3 is 1. The van der Waals surface area contributed by atoms with E-state index in [2.05, 4.69) is 29.2 Å². The van der Waals surface area contributed by atoms with Crippen molar-refractivity contribution >= 4 is 17.6 Å². The zero-order chi connectivity index (χ0) is 14.4. The highest BCUT2D eigenvalue weighted by atomic mass is 32.2. The lowest BCUT2D eigenvalue weighted by molar-refractivity contribution is 0.149. The van der Waals surface area contributed by atoms with Gasteiger partial charge in [-0.3, -0.25) is 10.3 Å². The van der Waals surface area contributed by atoms with Crippen LogP contribution in [0, 0.1) is 5.41 Å². The molecule has 110 valence electrons. The van der Waals surface area contributed by atoms with Gasteiger partial charge in [-0.2, -0.15) is 0 Å². The van der Waals surface area contributed by atoms with Crippen molar-refractivity contribution in [1.82, 2.24) is 4.90 Å². The standard InChI is InChI=1S/C15H23N3OS/c1-19-9-8-18(7-6-15(16)17)11-13-10-12-4-2-3-5-14(12)20-13/h2-5,13H,6-11H2,1H3,(H3,16,17). The largest absolute Gasteiger partial charge is 0.388 e. The summed E-state index contributed by atoms with van der Waals surface area (Å²) in [6.07, 6.45) is 1.76. The van der Waals surface area contributed by atoms with Crippen LogP contribution >= 0.6 is 11.8 Å². The minimum atomic E-state index is 0.259. The molecular formula is C15H23N3OS. The molecule has 4 nitrogen and oxygen atoms in total. The summed E-state index contributed by atoms with van der Waals surface area (Å²) in [7, 11) is 1.73. The summed E-state index contributed by atoms with van der Waals surface area (Å²) in [6, 6.07) is 8.64. The second-order valence-corrected chi connectivity index (χ2v) is 6.46. The van der Waals surface area contributed by atoms with Gasteiger partial charge in [0.2, 0.25) is 0 Å². The molecule has 0 aromatic heterocycles. The number of nitrogens with one attached hydrogen (secondary N) is 1. The molecule has 2 rings (SSSR count). The van der Waals surface area contributed by atoms with Crippen LogP contribution in [-0.2, 0) is 11.2 Å². The third-order valence-corrected chi connectivity index (χ3v) is 4.79. The van der Waals surface area contributed by atoms with Crippen LogP contribution in [-0.4, -0.2) is 49.3 Å². The minimum Gasteiger partial charge on any atom is -0.388 e. The van der Waals surface area contributed by atoms with E-state index >= 15 is 0 Å². The van der Waals surface area contributed by atoms with Gasteiger partial charge in [-0.15, -0.1) is 11.8 Å². The van der Waals surface area contributed by atoms with Crippen molar-refractivity contribution < 1.29 is 4.74 Å². The Kier molecular flexibility index (Phi) is 5.88. The van der Waals surface area contributed by atoms with Gasteiger partial charge >= 0.3 is 0 Å². The molecule has 1 aromatic carbocycles. The van der Waals surface area contributed by atoms with Crippen LogP contribution in [0.2, 0.25) is 0 Å². The first kappa shape index (κ1) is 15.4. The molecule has 0 amide bonds. The van der Waals surface area contributed by atoms with Crippen molar-refractivity contribution in [2.45, 2.75) is 23.0 Å². The van der Waals surface area contributed by atoms with E-state index in [9.17, 15) is 0 Å². The van der Waals surface area contributed by atoms with Gasteiger partial charge in [-0.25, -0.2) is 0 Å². The molecule has 1 aliphatic heterocycles. The Hall–Kier alpha value is -1.04. The predicted octanol–water partition coefficient (Wildman–Crippen LogP) is 1.98. The Bertz CT molecular complexity index is 427. The highest BCUT2D eigenvalue weighted by Gasteiger charge is 2.23. The molecular weight excluding hydrogens is 270 g/mol. The Morgan fingerprint density at radius 1 is 1.45 bits per heavy atom. The van der Waals surface area contributed by atoms with Gasteiger partial charge in [0.25, 0.3) is 0 Å². The Morgan fingerprint density at radius 3 is 2.95 bits per heavy atom. The fourth-order valence-corrected chi connectivity index (χ4v) is 3.80. The number of thioether (sulfide) groups is 1. The maximum Gasteiger partial charge on any atom is 0.0918 e. The summed E-state index contributed by atoms with van der Waals surface area (Å²) in [6.45, 7) is 3.49. The molecule has 1 atom stereocenters. The molecule has 0 aliphatic carbocycles. The first-order valence-corrected chi connectivity index (χ1v) is 7.85. The number of nitrogens with zero attached hydrogens (tertiary/aromatic N) is 1. The maximum atomic E-state index is 7.37. The first-order valence-electron chi connectivity index (χ1n) is 6.98. The Labute approximate surface area is 125 Å². The number of nitrogens with two attached hydrogens (primary N) is 1. The van der Waals surface area contributed by atoms with Crippen molar-refractivity contribution in [3.05, 3.63) is 29.8 Å². The molecule has 0 radical (unpaired) electrons. The van der Waals surface area contributed by atoms with Crippen LogP contribution in [0.5, 0.6) is 0 Å². The molecule has 0 saturated carbocycles. The zero-order valence-electron chi connectivity index (χ0n) is 12.0. The van der Waals surface area contributed by atoms with Crippen LogP contribution in [0.25, 0.3) is 0 Å². The summed E-state index contributed by atoms with van der Waals surface area (Å²) in [4.78, 5) is 3.77. The third-order valence-electron chi connectivity index (χ3n) is 3.48. The average Bonchev–Trinajstić information content (AvgIpc) is 2.83. The molecule has 0 spiro atoms. The van der Waals surface area contributed by atoms with Crippen molar-refractivity contribution in [3.8, 4) is 0 Å². The summed E-state index contributed by atoms with van der Waals surface area (Å²) in [5.74, 6) is 0.259. The van der Waals surface area contributed by atoms with E-state index in [1.54, 1.807) is 7.11 Å². The lowest BCUT2D eigenvalue weighted by Gasteiger charge is -2.24. The smallest absolute Gasteiger partial charge is 0.0918 e. The molecule has 5 heteroatoms. The summed E-state index contributed by atoms with van der Waals surface area (Å²) in [5, 5.41) is 7.96. The average molecular weight is 293 g/mol. The Morgan fingerprint density at radius 2 is 2.25 bits per heavy atom. The van der Waals surface area contributed by atoms with Crippen molar-refractivity contribution in [1.29, 1.82) is 5.41 Å². The van der Waals surface area contributed by atoms with E-state index in [-0.39, 0.29) is 5.84 Å². The molecule has 0 saturated heterocycles. The summed E-state index contributed by atoms with van der Waals surface area (Å²) in [5.41, 5.74) is 6.93. The van der Waals surface area contributed by atoms with E-state index in [1.807, 2.05) is 11.8 Å². The van der Waals surface area contributed by atoms with Crippen LogP contribution in [0.1, 0.15) is 12.0 Å². The van der Waals surface area contributed by atoms with Gasteiger partial charge in [0.15, 0.2) is 0 Å². The van der Waals surface area contributed by atoms with Crippen LogP contribution in [0.4, 0.5) is 0 Å². The van der Waals surface area contributed by atoms with Crippen molar-refractivity contribution in [2.24, 2.45) is 5.73 Å². The van der Waals surface area contributed by atoms with Crippen LogP contribution in [0.15, 0.2) is 29.2 Å². The second kappa shape index (κ2) is 7.67. The van der Waals surface area contributed by atoms with Gasteiger partial charge in [0.1, 0.15) is 0 Å². The first-order chi connectivity index (χ1) is 9.69. The van der Waals surface area contributed by atoms with Gasteiger partial charge in [0.05, 0.1) is 12.4 Å².